The lowest BCUT2D eigenvalue weighted by molar-refractivity contribution is -0.150. The summed E-state index contributed by atoms with van der Waals surface area (Å²) in [6.45, 7) is 8.40. The van der Waals surface area contributed by atoms with Gasteiger partial charge in [0.2, 0.25) is 5.91 Å². The van der Waals surface area contributed by atoms with Crippen LogP contribution in [-0.2, 0) is 9.59 Å². The van der Waals surface area contributed by atoms with Crippen LogP contribution in [0.15, 0.2) is 18.2 Å². The fourth-order valence-corrected chi connectivity index (χ4v) is 2.43. The molecule has 2 rings (SSSR count). The molecule has 0 radical (unpaired) electrons. The van der Waals surface area contributed by atoms with E-state index in [2.05, 4.69) is 5.32 Å². The van der Waals surface area contributed by atoms with Crippen molar-refractivity contribution in [2.75, 3.05) is 19.7 Å². The summed E-state index contributed by atoms with van der Waals surface area (Å²) in [6.07, 6.45) is 0. The minimum absolute atomic E-state index is 0.0546. The van der Waals surface area contributed by atoms with Gasteiger partial charge < -0.3 is 15.0 Å². The van der Waals surface area contributed by atoms with E-state index in [0.29, 0.717) is 18.8 Å². The molecule has 1 saturated heterocycles. The van der Waals surface area contributed by atoms with Crippen LogP contribution in [0.2, 0.25) is 0 Å². The van der Waals surface area contributed by atoms with Gasteiger partial charge in [-0.3, -0.25) is 9.59 Å². The highest BCUT2D eigenvalue weighted by molar-refractivity contribution is 5.92. The van der Waals surface area contributed by atoms with Gasteiger partial charge >= 0.3 is 0 Å². The van der Waals surface area contributed by atoms with E-state index in [1.807, 2.05) is 32.0 Å². The second-order valence-electron chi connectivity index (χ2n) is 5.85. The SMILES string of the molecule is Cc1cccc(OCC(=O)N2CCNC(=O)C2(C)C)c1C. The second kappa shape index (κ2) is 5.76. The molecule has 1 aliphatic rings. The highest BCUT2D eigenvalue weighted by Gasteiger charge is 2.40. The van der Waals surface area contributed by atoms with Gasteiger partial charge in [-0.05, 0) is 44.9 Å². The summed E-state index contributed by atoms with van der Waals surface area (Å²) in [5.74, 6) is 0.409. The fraction of sp³-hybridized carbons (Fsp3) is 0.500. The Hall–Kier alpha value is -2.04. The van der Waals surface area contributed by atoms with Crippen LogP contribution in [0.5, 0.6) is 5.75 Å². The van der Waals surface area contributed by atoms with E-state index in [0.717, 1.165) is 11.1 Å². The van der Waals surface area contributed by atoms with E-state index in [9.17, 15) is 9.59 Å². The number of ether oxygens (including phenoxy) is 1. The Morgan fingerprint density at radius 2 is 2.10 bits per heavy atom. The van der Waals surface area contributed by atoms with Crippen molar-refractivity contribution in [1.82, 2.24) is 10.2 Å². The summed E-state index contributed by atoms with van der Waals surface area (Å²) in [5.41, 5.74) is 1.32. The molecule has 0 spiro atoms. The number of rotatable bonds is 3. The first-order valence-electron chi connectivity index (χ1n) is 7.12. The molecule has 114 valence electrons. The van der Waals surface area contributed by atoms with E-state index in [1.54, 1.807) is 18.7 Å². The van der Waals surface area contributed by atoms with Gasteiger partial charge in [-0.1, -0.05) is 12.1 Å². The second-order valence-corrected chi connectivity index (χ2v) is 5.85. The molecule has 1 aromatic carbocycles. The Bertz CT molecular complexity index is 567. The summed E-state index contributed by atoms with van der Waals surface area (Å²) < 4.78 is 5.64. The largest absolute Gasteiger partial charge is 0.483 e. The van der Waals surface area contributed by atoms with Crippen molar-refractivity contribution in [3.63, 3.8) is 0 Å². The van der Waals surface area contributed by atoms with Crippen LogP contribution < -0.4 is 10.1 Å². The molecule has 0 unspecified atom stereocenters. The van der Waals surface area contributed by atoms with Gasteiger partial charge in [0, 0.05) is 13.1 Å². The van der Waals surface area contributed by atoms with Crippen molar-refractivity contribution in [1.29, 1.82) is 0 Å². The topological polar surface area (TPSA) is 58.6 Å². The number of aryl methyl sites for hydroxylation is 1. The average molecular weight is 290 g/mol. The maximum Gasteiger partial charge on any atom is 0.261 e. The van der Waals surface area contributed by atoms with Crippen LogP contribution in [-0.4, -0.2) is 41.9 Å². The quantitative estimate of drug-likeness (QED) is 0.916. The number of hydrogen-bond acceptors (Lipinski definition) is 3. The van der Waals surface area contributed by atoms with E-state index in [-0.39, 0.29) is 18.4 Å². The number of piperazine rings is 1. The predicted octanol–water partition coefficient (Wildman–Crippen LogP) is 1.42. The van der Waals surface area contributed by atoms with E-state index >= 15 is 0 Å². The molecule has 5 heteroatoms. The van der Waals surface area contributed by atoms with Gasteiger partial charge in [0.15, 0.2) is 6.61 Å². The summed E-state index contributed by atoms with van der Waals surface area (Å²) in [7, 11) is 0. The van der Waals surface area contributed by atoms with E-state index in [4.69, 9.17) is 4.74 Å². The maximum absolute atomic E-state index is 12.3. The summed E-state index contributed by atoms with van der Waals surface area (Å²) in [5, 5.41) is 2.77. The molecule has 0 bridgehead atoms. The smallest absolute Gasteiger partial charge is 0.261 e. The van der Waals surface area contributed by atoms with Gasteiger partial charge in [-0.2, -0.15) is 0 Å². The molecular weight excluding hydrogens is 268 g/mol. The first-order chi connectivity index (χ1) is 9.84. The molecule has 0 aromatic heterocycles. The van der Waals surface area contributed by atoms with Gasteiger partial charge in [-0.25, -0.2) is 0 Å². The number of nitrogens with one attached hydrogen (secondary N) is 1. The lowest BCUT2D eigenvalue weighted by Crippen LogP contribution is -2.64. The highest BCUT2D eigenvalue weighted by atomic mass is 16.5. The number of carbonyl (C=O) groups is 2. The molecular formula is C16H22N2O3. The van der Waals surface area contributed by atoms with Crippen molar-refractivity contribution >= 4 is 11.8 Å². The monoisotopic (exact) mass is 290 g/mol. The zero-order valence-electron chi connectivity index (χ0n) is 13.0. The summed E-state index contributed by atoms with van der Waals surface area (Å²) >= 11 is 0. The van der Waals surface area contributed by atoms with Crippen molar-refractivity contribution in [2.45, 2.75) is 33.2 Å². The first-order valence-corrected chi connectivity index (χ1v) is 7.12. The van der Waals surface area contributed by atoms with Crippen LogP contribution in [0, 0.1) is 13.8 Å². The van der Waals surface area contributed by atoms with Crippen molar-refractivity contribution < 1.29 is 14.3 Å². The molecule has 1 aromatic rings. The molecule has 21 heavy (non-hydrogen) atoms. The molecule has 5 nitrogen and oxygen atoms in total. The number of nitrogens with zero attached hydrogens (tertiary/aromatic N) is 1. The Morgan fingerprint density at radius 3 is 2.81 bits per heavy atom. The maximum atomic E-state index is 12.3. The molecule has 1 aliphatic heterocycles. The van der Waals surface area contributed by atoms with Crippen molar-refractivity contribution in [3.8, 4) is 5.75 Å². The molecule has 1 fully saturated rings. The predicted molar refractivity (Wildman–Crippen MR) is 80.2 cm³/mol. The molecule has 2 amide bonds. The molecule has 0 atom stereocenters. The van der Waals surface area contributed by atoms with Crippen LogP contribution in [0.25, 0.3) is 0 Å². The Labute approximate surface area is 125 Å². The molecule has 0 saturated carbocycles. The standard InChI is InChI=1S/C16H22N2O3/c1-11-6-5-7-13(12(11)2)21-10-14(19)18-9-8-17-15(20)16(18,3)4/h5-7H,8-10H2,1-4H3,(H,17,20). The minimum Gasteiger partial charge on any atom is -0.483 e. The number of amides is 2. The van der Waals surface area contributed by atoms with E-state index < -0.39 is 5.54 Å². The molecule has 0 aliphatic carbocycles. The van der Waals surface area contributed by atoms with Crippen LogP contribution in [0.4, 0.5) is 0 Å². The third-order valence-corrected chi connectivity index (χ3v) is 4.06. The zero-order valence-corrected chi connectivity index (χ0v) is 13.0. The van der Waals surface area contributed by atoms with E-state index in [1.165, 1.54) is 0 Å². The van der Waals surface area contributed by atoms with Gasteiger partial charge in [0.1, 0.15) is 11.3 Å². The van der Waals surface area contributed by atoms with Crippen LogP contribution in [0.1, 0.15) is 25.0 Å². The van der Waals surface area contributed by atoms with Gasteiger partial charge in [0.05, 0.1) is 0 Å². The highest BCUT2D eigenvalue weighted by Crippen LogP contribution is 2.22. The Balaban J connectivity index is 2.05. The lowest BCUT2D eigenvalue weighted by atomic mass is 9.99. The lowest BCUT2D eigenvalue weighted by Gasteiger charge is -2.41. The minimum atomic E-state index is -0.833. The molecule has 1 heterocycles. The number of benzene rings is 1. The Kier molecular flexibility index (Phi) is 4.21. The third kappa shape index (κ3) is 3.01. The van der Waals surface area contributed by atoms with Crippen molar-refractivity contribution in [3.05, 3.63) is 29.3 Å². The Morgan fingerprint density at radius 1 is 1.38 bits per heavy atom. The van der Waals surface area contributed by atoms with Crippen molar-refractivity contribution in [2.24, 2.45) is 0 Å². The average Bonchev–Trinajstić information content (AvgIpc) is 2.43. The normalized spacial score (nSPS) is 17.3. The van der Waals surface area contributed by atoms with Crippen LogP contribution in [0.3, 0.4) is 0 Å². The third-order valence-electron chi connectivity index (χ3n) is 4.06. The fourth-order valence-electron chi connectivity index (χ4n) is 2.43. The summed E-state index contributed by atoms with van der Waals surface area (Å²) in [4.78, 5) is 25.8. The van der Waals surface area contributed by atoms with Crippen LogP contribution >= 0.6 is 0 Å². The summed E-state index contributed by atoms with van der Waals surface area (Å²) in [6, 6.07) is 5.76. The zero-order chi connectivity index (χ0) is 15.6. The van der Waals surface area contributed by atoms with Gasteiger partial charge in [0.25, 0.3) is 5.91 Å². The van der Waals surface area contributed by atoms with Gasteiger partial charge in [-0.15, -0.1) is 0 Å². The first kappa shape index (κ1) is 15.4. The number of hydrogen-bond donors (Lipinski definition) is 1. The molecule has 1 N–H and O–H groups in total. The number of carbonyl (C=O) groups excluding carboxylic acids is 2.